The van der Waals surface area contributed by atoms with Gasteiger partial charge in [0.1, 0.15) is 4.90 Å². The Balaban J connectivity index is 1.50. The van der Waals surface area contributed by atoms with E-state index in [1.807, 2.05) is 0 Å². The highest BCUT2D eigenvalue weighted by Gasteiger charge is 2.28. The summed E-state index contributed by atoms with van der Waals surface area (Å²) in [5.41, 5.74) is 0. The summed E-state index contributed by atoms with van der Waals surface area (Å²) >= 11 is 1.45. The van der Waals surface area contributed by atoms with Gasteiger partial charge in [-0.25, -0.2) is 18.2 Å². The molecule has 0 aliphatic carbocycles. The lowest BCUT2D eigenvalue weighted by molar-refractivity contribution is -0.124. The molecule has 0 unspecified atom stereocenters. The summed E-state index contributed by atoms with van der Waals surface area (Å²) in [6, 6.07) is 2.87. The first kappa shape index (κ1) is 19.1. The molecule has 2 fully saturated rings. The number of hydrogen-bond acceptors (Lipinski definition) is 7. The zero-order chi connectivity index (χ0) is 18.6. The standard InChI is InChI=1S/C15H20N4O5S2/c20-14-11-17-15(21)19(14)4-1-9-25-13-3-2-12(10-16-13)26(22,23)18-5-7-24-8-6-18/h2-3,10H,1,4-9,11H2,(H,17,21). The van der Waals surface area contributed by atoms with Crippen LogP contribution in [0.15, 0.2) is 28.3 Å². The number of amides is 3. The molecular weight excluding hydrogens is 380 g/mol. The molecule has 3 heterocycles. The number of ether oxygens (including phenoxy) is 1. The van der Waals surface area contributed by atoms with Gasteiger partial charge in [0.25, 0.3) is 0 Å². The molecule has 0 spiro atoms. The largest absolute Gasteiger partial charge is 0.379 e. The Morgan fingerprint density at radius 1 is 1.23 bits per heavy atom. The van der Waals surface area contributed by atoms with E-state index < -0.39 is 10.0 Å². The van der Waals surface area contributed by atoms with Crippen molar-refractivity contribution in [1.82, 2.24) is 19.5 Å². The van der Waals surface area contributed by atoms with Gasteiger partial charge < -0.3 is 10.1 Å². The molecule has 2 aliphatic heterocycles. The van der Waals surface area contributed by atoms with Crippen LogP contribution in [0.1, 0.15) is 6.42 Å². The first-order chi connectivity index (χ1) is 12.5. The Morgan fingerprint density at radius 3 is 2.62 bits per heavy atom. The van der Waals surface area contributed by atoms with Gasteiger partial charge in [-0.3, -0.25) is 9.69 Å². The number of aromatic nitrogens is 1. The summed E-state index contributed by atoms with van der Waals surface area (Å²) in [6.45, 7) is 1.92. The molecule has 2 aliphatic rings. The highest BCUT2D eigenvalue weighted by Crippen LogP contribution is 2.21. The van der Waals surface area contributed by atoms with Crippen LogP contribution < -0.4 is 5.32 Å². The minimum atomic E-state index is -3.53. The topological polar surface area (TPSA) is 109 Å². The molecule has 26 heavy (non-hydrogen) atoms. The van der Waals surface area contributed by atoms with Crippen LogP contribution in [-0.4, -0.2) is 79.7 Å². The second-order valence-corrected chi connectivity index (χ2v) is 8.81. The molecule has 0 bridgehead atoms. The van der Waals surface area contributed by atoms with Crippen molar-refractivity contribution in [3.63, 3.8) is 0 Å². The van der Waals surface area contributed by atoms with E-state index >= 15 is 0 Å². The van der Waals surface area contributed by atoms with Gasteiger partial charge in [-0.05, 0) is 18.6 Å². The first-order valence-electron chi connectivity index (χ1n) is 8.23. The summed E-state index contributed by atoms with van der Waals surface area (Å²) in [6.07, 6.45) is 2.00. The van der Waals surface area contributed by atoms with Gasteiger partial charge >= 0.3 is 6.03 Å². The second-order valence-electron chi connectivity index (χ2n) is 5.75. The maximum atomic E-state index is 12.5. The lowest BCUT2D eigenvalue weighted by atomic mass is 10.4. The number of rotatable bonds is 7. The Morgan fingerprint density at radius 2 is 2.00 bits per heavy atom. The zero-order valence-corrected chi connectivity index (χ0v) is 15.7. The summed E-state index contributed by atoms with van der Waals surface area (Å²) in [5.74, 6) is 0.454. The van der Waals surface area contributed by atoms with Gasteiger partial charge in [-0.1, -0.05) is 0 Å². The fourth-order valence-corrected chi connectivity index (χ4v) is 4.75. The van der Waals surface area contributed by atoms with Gasteiger partial charge in [0, 0.05) is 31.6 Å². The van der Waals surface area contributed by atoms with E-state index in [0.717, 1.165) is 0 Å². The van der Waals surface area contributed by atoms with E-state index in [4.69, 9.17) is 4.74 Å². The third-order valence-corrected chi connectivity index (χ3v) is 6.94. The average molecular weight is 400 g/mol. The van der Waals surface area contributed by atoms with Gasteiger partial charge in [-0.2, -0.15) is 4.31 Å². The number of sulfonamides is 1. The normalized spacial score (nSPS) is 19.0. The highest BCUT2D eigenvalue weighted by molar-refractivity contribution is 7.99. The minimum Gasteiger partial charge on any atom is -0.379 e. The average Bonchev–Trinajstić information content (AvgIpc) is 2.98. The van der Waals surface area contributed by atoms with Crippen molar-refractivity contribution in [3.8, 4) is 0 Å². The van der Waals surface area contributed by atoms with Crippen LogP contribution in [0.4, 0.5) is 4.79 Å². The Kier molecular flexibility index (Phi) is 6.12. The van der Waals surface area contributed by atoms with Gasteiger partial charge in [-0.15, -0.1) is 11.8 Å². The molecule has 0 saturated carbocycles. The van der Waals surface area contributed by atoms with Crippen molar-refractivity contribution < 1.29 is 22.7 Å². The molecule has 3 rings (SSSR count). The van der Waals surface area contributed by atoms with Crippen LogP contribution in [0.5, 0.6) is 0 Å². The third kappa shape index (κ3) is 4.34. The molecule has 0 atom stereocenters. The lowest BCUT2D eigenvalue weighted by Crippen LogP contribution is -2.40. The van der Waals surface area contributed by atoms with Crippen molar-refractivity contribution in [2.75, 3.05) is 45.1 Å². The van der Waals surface area contributed by atoms with Gasteiger partial charge in [0.05, 0.1) is 24.8 Å². The molecule has 0 aromatic carbocycles. The maximum Gasteiger partial charge on any atom is 0.324 e. The smallest absolute Gasteiger partial charge is 0.324 e. The number of carbonyl (C=O) groups excluding carboxylic acids is 2. The maximum absolute atomic E-state index is 12.5. The van der Waals surface area contributed by atoms with E-state index in [1.165, 1.54) is 27.2 Å². The SMILES string of the molecule is O=C1CNC(=O)N1CCCSc1ccc(S(=O)(=O)N2CCOCC2)cn1. The number of urea groups is 1. The molecular formula is C15H20N4O5S2. The molecule has 1 N–H and O–H groups in total. The summed E-state index contributed by atoms with van der Waals surface area (Å²) < 4.78 is 31.6. The fourth-order valence-electron chi connectivity index (χ4n) is 2.62. The minimum absolute atomic E-state index is 0.0621. The van der Waals surface area contributed by atoms with Gasteiger partial charge in [0.2, 0.25) is 15.9 Å². The quantitative estimate of drug-likeness (QED) is 0.394. The number of carbonyl (C=O) groups is 2. The number of pyridine rings is 1. The molecule has 1 aromatic rings. The van der Waals surface area contributed by atoms with Crippen molar-refractivity contribution in [2.24, 2.45) is 0 Å². The van der Waals surface area contributed by atoms with Crippen LogP contribution in [0.2, 0.25) is 0 Å². The van der Waals surface area contributed by atoms with Crippen molar-refractivity contribution in [3.05, 3.63) is 18.3 Å². The molecule has 1 aromatic heterocycles. The molecule has 0 radical (unpaired) electrons. The lowest BCUT2D eigenvalue weighted by Gasteiger charge is -2.25. The third-order valence-electron chi connectivity index (χ3n) is 4.03. The van der Waals surface area contributed by atoms with Crippen LogP contribution in [0, 0.1) is 0 Å². The molecule has 2 saturated heterocycles. The number of imide groups is 1. The van der Waals surface area contributed by atoms with Gasteiger partial charge in [0.15, 0.2) is 0 Å². The number of thioether (sulfide) groups is 1. The van der Waals surface area contributed by atoms with Crippen LogP contribution in [0.3, 0.4) is 0 Å². The van der Waals surface area contributed by atoms with E-state index in [9.17, 15) is 18.0 Å². The van der Waals surface area contributed by atoms with E-state index in [-0.39, 0.29) is 23.4 Å². The summed E-state index contributed by atoms with van der Waals surface area (Å²) in [5, 5.41) is 3.17. The summed E-state index contributed by atoms with van der Waals surface area (Å²) in [4.78, 5) is 28.5. The van der Waals surface area contributed by atoms with Crippen LogP contribution in [0.25, 0.3) is 0 Å². The van der Waals surface area contributed by atoms with Crippen LogP contribution >= 0.6 is 11.8 Å². The van der Waals surface area contributed by atoms with Crippen LogP contribution in [-0.2, 0) is 19.6 Å². The number of nitrogens with one attached hydrogen (secondary N) is 1. The predicted octanol–water partition coefficient (Wildman–Crippen LogP) is 0.137. The van der Waals surface area contributed by atoms with E-state index in [1.54, 1.807) is 12.1 Å². The highest BCUT2D eigenvalue weighted by atomic mass is 32.2. The Labute approximate surface area is 156 Å². The molecule has 9 nitrogen and oxygen atoms in total. The molecule has 11 heteroatoms. The van der Waals surface area contributed by atoms with Crippen molar-refractivity contribution in [2.45, 2.75) is 16.3 Å². The molecule has 3 amide bonds. The number of hydrogen-bond donors (Lipinski definition) is 1. The zero-order valence-electron chi connectivity index (χ0n) is 14.1. The second kappa shape index (κ2) is 8.33. The Bertz CT molecular complexity index is 747. The monoisotopic (exact) mass is 400 g/mol. The number of nitrogens with zero attached hydrogens (tertiary/aromatic N) is 3. The fraction of sp³-hybridized carbons (Fsp3) is 0.533. The molecule has 142 valence electrons. The number of morpholine rings is 1. The Hall–Kier alpha value is -1.69. The predicted molar refractivity (Wildman–Crippen MR) is 94.3 cm³/mol. The van der Waals surface area contributed by atoms with E-state index in [2.05, 4.69) is 10.3 Å². The summed E-state index contributed by atoms with van der Waals surface area (Å²) in [7, 11) is -3.53. The van der Waals surface area contributed by atoms with E-state index in [0.29, 0.717) is 50.0 Å². The van der Waals surface area contributed by atoms with Crippen molar-refractivity contribution >= 4 is 33.7 Å². The first-order valence-corrected chi connectivity index (χ1v) is 10.7. The van der Waals surface area contributed by atoms with Crippen molar-refractivity contribution in [1.29, 1.82) is 0 Å².